The summed E-state index contributed by atoms with van der Waals surface area (Å²) in [6, 6.07) is 11.8. The number of hydrogen-bond donors (Lipinski definition) is 0. The predicted octanol–water partition coefficient (Wildman–Crippen LogP) is 5.04. The fraction of sp³-hybridized carbons (Fsp3) is 0.188. The lowest BCUT2D eigenvalue weighted by molar-refractivity contribution is 0.317. The van der Waals surface area contributed by atoms with E-state index in [1.165, 1.54) is 12.1 Å². The Kier molecular flexibility index (Phi) is 5.18. The zero-order chi connectivity index (χ0) is 15.2. The standard InChI is InChI=1S/C16H13BrFNO2/c1-2-9-20-12-4-6-13(7-5-12)21-14-8-3-11(10-19)15(17)16(14)18/h3-8H,2,9H2,1H3. The lowest BCUT2D eigenvalue weighted by Gasteiger charge is -2.09. The van der Waals surface area contributed by atoms with Crippen molar-refractivity contribution in [3.63, 3.8) is 0 Å². The van der Waals surface area contributed by atoms with Gasteiger partial charge >= 0.3 is 0 Å². The van der Waals surface area contributed by atoms with Crippen LogP contribution in [0.1, 0.15) is 18.9 Å². The molecule has 0 N–H and O–H groups in total. The first-order valence-corrected chi connectivity index (χ1v) is 7.23. The van der Waals surface area contributed by atoms with E-state index in [-0.39, 0.29) is 15.8 Å². The Balaban J connectivity index is 2.15. The summed E-state index contributed by atoms with van der Waals surface area (Å²) in [5.74, 6) is 0.698. The van der Waals surface area contributed by atoms with Crippen molar-refractivity contribution in [3.8, 4) is 23.3 Å². The van der Waals surface area contributed by atoms with E-state index in [4.69, 9.17) is 14.7 Å². The van der Waals surface area contributed by atoms with Crippen molar-refractivity contribution < 1.29 is 13.9 Å². The second-order valence-corrected chi connectivity index (χ2v) is 5.07. The number of nitrogens with zero attached hydrogens (tertiary/aromatic N) is 1. The molecule has 2 rings (SSSR count). The highest BCUT2D eigenvalue weighted by molar-refractivity contribution is 9.10. The molecule has 0 unspecified atom stereocenters. The number of benzene rings is 2. The molecule has 0 radical (unpaired) electrons. The molecule has 0 saturated heterocycles. The maximum Gasteiger partial charge on any atom is 0.181 e. The molecule has 0 amide bonds. The molecule has 108 valence electrons. The SMILES string of the molecule is CCCOc1ccc(Oc2ccc(C#N)c(Br)c2F)cc1. The zero-order valence-electron chi connectivity index (χ0n) is 11.4. The molecule has 5 heteroatoms. The van der Waals surface area contributed by atoms with Crippen molar-refractivity contribution in [3.05, 3.63) is 52.3 Å². The second-order valence-electron chi connectivity index (χ2n) is 4.27. The lowest BCUT2D eigenvalue weighted by Crippen LogP contribution is -1.95. The van der Waals surface area contributed by atoms with Crippen LogP contribution < -0.4 is 9.47 Å². The van der Waals surface area contributed by atoms with Crippen LogP contribution >= 0.6 is 15.9 Å². The zero-order valence-corrected chi connectivity index (χ0v) is 13.0. The normalized spacial score (nSPS) is 10.0. The summed E-state index contributed by atoms with van der Waals surface area (Å²) in [4.78, 5) is 0. The summed E-state index contributed by atoms with van der Waals surface area (Å²) in [5.41, 5.74) is 0.225. The van der Waals surface area contributed by atoms with E-state index in [1.54, 1.807) is 24.3 Å². The minimum Gasteiger partial charge on any atom is -0.494 e. The molecule has 0 heterocycles. The van der Waals surface area contributed by atoms with Gasteiger partial charge in [-0.2, -0.15) is 5.26 Å². The molecule has 0 fully saturated rings. The quantitative estimate of drug-likeness (QED) is 0.759. The van der Waals surface area contributed by atoms with Gasteiger partial charge in [-0.3, -0.25) is 0 Å². The van der Waals surface area contributed by atoms with Crippen molar-refractivity contribution in [2.75, 3.05) is 6.61 Å². The first-order chi connectivity index (χ1) is 10.2. The van der Waals surface area contributed by atoms with Crippen molar-refractivity contribution in [1.82, 2.24) is 0 Å². The molecule has 0 aliphatic carbocycles. The monoisotopic (exact) mass is 349 g/mol. The molecule has 0 saturated carbocycles. The van der Waals surface area contributed by atoms with Gasteiger partial charge in [0.05, 0.1) is 16.6 Å². The van der Waals surface area contributed by atoms with Crippen LogP contribution in [0.2, 0.25) is 0 Å². The van der Waals surface area contributed by atoms with Crippen LogP contribution in [0.4, 0.5) is 4.39 Å². The van der Waals surface area contributed by atoms with Crippen molar-refractivity contribution >= 4 is 15.9 Å². The molecule has 0 bridgehead atoms. The number of hydrogen-bond acceptors (Lipinski definition) is 3. The van der Waals surface area contributed by atoms with Crippen LogP contribution in [0.25, 0.3) is 0 Å². The summed E-state index contributed by atoms with van der Waals surface area (Å²) in [5, 5.41) is 8.82. The molecular weight excluding hydrogens is 337 g/mol. The second kappa shape index (κ2) is 7.09. The van der Waals surface area contributed by atoms with Crippen LogP contribution in [-0.2, 0) is 0 Å². The molecular formula is C16H13BrFNO2. The van der Waals surface area contributed by atoms with E-state index in [1.807, 2.05) is 13.0 Å². The molecule has 0 aliphatic rings. The van der Waals surface area contributed by atoms with Crippen LogP contribution in [0.3, 0.4) is 0 Å². The molecule has 21 heavy (non-hydrogen) atoms. The van der Waals surface area contributed by atoms with Crippen LogP contribution in [-0.4, -0.2) is 6.61 Å². The molecule has 0 aromatic heterocycles. The van der Waals surface area contributed by atoms with Crippen molar-refractivity contribution in [2.45, 2.75) is 13.3 Å². The van der Waals surface area contributed by atoms with Gasteiger partial charge in [0.1, 0.15) is 17.6 Å². The van der Waals surface area contributed by atoms with Gasteiger partial charge in [0.15, 0.2) is 11.6 Å². The van der Waals surface area contributed by atoms with Gasteiger partial charge in [0.25, 0.3) is 0 Å². The molecule has 2 aromatic rings. The van der Waals surface area contributed by atoms with Crippen molar-refractivity contribution in [1.29, 1.82) is 5.26 Å². The average Bonchev–Trinajstić information content (AvgIpc) is 2.51. The molecule has 2 aromatic carbocycles. The highest BCUT2D eigenvalue weighted by Gasteiger charge is 2.12. The predicted molar refractivity (Wildman–Crippen MR) is 81.1 cm³/mol. The highest BCUT2D eigenvalue weighted by Crippen LogP contribution is 2.32. The van der Waals surface area contributed by atoms with Gasteiger partial charge in [0, 0.05) is 0 Å². The Bertz CT molecular complexity index is 665. The highest BCUT2D eigenvalue weighted by atomic mass is 79.9. The summed E-state index contributed by atoms with van der Waals surface area (Å²) in [6.07, 6.45) is 0.933. The number of rotatable bonds is 5. The van der Waals surface area contributed by atoms with Crippen LogP contribution in [0, 0.1) is 17.1 Å². The Hall–Kier alpha value is -2.06. The first-order valence-electron chi connectivity index (χ1n) is 6.44. The number of nitriles is 1. The Morgan fingerprint density at radius 2 is 1.81 bits per heavy atom. The van der Waals surface area contributed by atoms with Gasteiger partial charge in [-0.15, -0.1) is 0 Å². The summed E-state index contributed by atoms with van der Waals surface area (Å²) >= 11 is 3.05. The van der Waals surface area contributed by atoms with Gasteiger partial charge < -0.3 is 9.47 Å². The van der Waals surface area contributed by atoms with Gasteiger partial charge in [-0.1, -0.05) is 6.92 Å². The minimum atomic E-state index is -0.597. The third kappa shape index (κ3) is 3.73. The number of halogens is 2. The smallest absolute Gasteiger partial charge is 0.181 e. The maximum atomic E-state index is 14.0. The first kappa shape index (κ1) is 15.3. The summed E-state index contributed by atoms with van der Waals surface area (Å²) in [6.45, 7) is 2.68. The molecule has 0 atom stereocenters. The number of ether oxygens (including phenoxy) is 2. The molecule has 3 nitrogen and oxygen atoms in total. The van der Waals surface area contributed by atoms with Gasteiger partial charge in [0.2, 0.25) is 0 Å². The van der Waals surface area contributed by atoms with E-state index in [0.29, 0.717) is 12.4 Å². The van der Waals surface area contributed by atoms with E-state index < -0.39 is 5.82 Å². The Labute approximate surface area is 131 Å². The largest absolute Gasteiger partial charge is 0.494 e. The maximum absolute atomic E-state index is 14.0. The molecule has 0 aliphatic heterocycles. The third-order valence-electron chi connectivity index (χ3n) is 2.69. The minimum absolute atomic E-state index is 0.0584. The van der Waals surface area contributed by atoms with E-state index in [9.17, 15) is 4.39 Å². The van der Waals surface area contributed by atoms with Crippen molar-refractivity contribution in [2.24, 2.45) is 0 Å². The topological polar surface area (TPSA) is 42.2 Å². The average molecular weight is 350 g/mol. The Morgan fingerprint density at radius 1 is 1.14 bits per heavy atom. The van der Waals surface area contributed by atoms with Crippen LogP contribution in [0.15, 0.2) is 40.9 Å². The van der Waals surface area contributed by atoms with E-state index >= 15 is 0 Å². The molecule has 0 spiro atoms. The fourth-order valence-electron chi connectivity index (χ4n) is 1.65. The fourth-order valence-corrected chi connectivity index (χ4v) is 2.06. The van der Waals surface area contributed by atoms with E-state index in [2.05, 4.69) is 15.9 Å². The van der Waals surface area contributed by atoms with E-state index in [0.717, 1.165) is 12.2 Å². The Morgan fingerprint density at radius 3 is 2.43 bits per heavy atom. The van der Waals surface area contributed by atoms with Crippen LogP contribution in [0.5, 0.6) is 17.2 Å². The van der Waals surface area contributed by atoms with Gasteiger partial charge in [-0.05, 0) is 58.7 Å². The third-order valence-corrected chi connectivity index (χ3v) is 3.47. The van der Waals surface area contributed by atoms with Gasteiger partial charge in [-0.25, -0.2) is 4.39 Å². The summed E-state index contributed by atoms with van der Waals surface area (Å²) < 4.78 is 25.1. The summed E-state index contributed by atoms with van der Waals surface area (Å²) in [7, 11) is 0. The lowest BCUT2D eigenvalue weighted by atomic mass is 10.2.